The molecule has 7 nitrogen and oxygen atoms in total. The van der Waals surface area contributed by atoms with Crippen LogP contribution in [0.15, 0.2) is 71.5 Å². The van der Waals surface area contributed by atoms with Gasteiger partial charge in [0.1, 0.15) is 6.54 Å². The summed E-state index contributed by atoms with van der Waals surface area (Å²) in [5, 5.41) is 2.95. The monoisotopic (exact) mass is 497 g/mol. The highest BCUT2D eigenvalue weighted by atomic mass is 16.5. The van der Waals surface area contributed by atoms with Gasteiger partial charge >= 0.3 is 0 Å². The lowest BCUT2D eigenvalue weighted by molar-refractivity contribution is -0.117. The van der Waals surface area contributed by atoms with Gasteiger partial charge in [0.25, 0.3) is 5.56 Å². The molecule has 0 radical (unpaired) electrons. The predicted octanol–water partition coefficient (Wildman–Crippen LogP) is 5.50. The Bertz CT molecular complexity index is 1480. The summed E-state index contributed by atoms with van der Waals surface area (Å²) in [4.78, 5) is 26.9. The fraction of sp³-hybridized carbons (Fsp3) is 0.267. The topological polar surface area (TPSA) is 74.5 Å². The van der Waals surface area contributed by atoms with Gasteiger partial charge in [-0.05, 0) is 61.2 Å². The molecule has 7 heteroatoms. The number of carbonyl (C=O) groups excluding carboxylic acids is 1. The molecule has 37 heavy (non-hydrogen) atoms. The number of aryl methyl sites for hydroxylation is 2. The van der Waals surface area contributed by atoms with E-state index >= 15 is 0 Å². The van der Waals surface area contributed by atoms with Crippen molar-refractivity contribution >= 4 is 11.6 Å². The number of amides is 1. The lowest BCUT2D eigenvalue weighted by Crippen LogP contribution is -2.27. The molecule has 0 spiro atoms. The molecule has 0 bridgehead atoms. The average molecular weight is 498 g/mol. The van der Waals surface area contributed by atoms with Crippen molar-refractivity contribution in [2.24, 2.45) is 0 Å². The Labute approximate surface area is 216 Å². The number of hydrogen-bond acceptors (Lipinski definition) is 4. The van der Waals surface area contributed by atoms with E-state index in [4.69, 9.17) is 9.47 Å². The van der Waals surface area contributed by atoms with Gasteiger partial charge in [0.15, 0.2) is 11.5 Å². The highest BCUT2D eigenvalue weighted by Gasteiger charge is 2.30. The Morgan fingerprint density at radius 1 is 0.946 bits per heavy atom. The molecular formula is C30H31N3O4. The van der Waals surface area contributed by atoms with E-state index in [9.17, 15) is 9.59 Å². The molecule has 190 valence electrons. The Balaban J connectivity index is 1.56. The largest absolute Gasteiger partial charge is 0.490 e. The van der Waals surface area contributed by atoms with Crippen LogP contribution >= 0.6 is 0 Å². The molecule has 0 unspecified atom stereocenters. The number of nitrogens with zero attached hydrogens (tertiary/aromatic N) is 2. The number of fused-ring (bicyclic) bond motifs is 2. The predicted molar refractivity (Wildman–Crippen MR) is 144 cm³/mol. The molecule has 5 rings (SSSR count). The second-order valence-electron chi connectivity index (χ2n) is 9.03. The second-order valence-corrected chi connectivity index (χ2v) is 9.03. The van der Waals surface area contributed by atoms with Gasteiger partial charge in [-0.1, -0.05) is 50.2 Å². The van der Waals surface area contributed by atoms with Crippen LogP contribution < -0.4 is 20.3 Å². The van der Waals surface area contributed by atoms with E-state index < -0.39 is 0 Å². The zero-order chi connectivity index (χ0) is 25.9. The Hall–Kier alpha value is -4.26. The third-order valence-corrected chi connectivity index (χ3v) is 6.64. The molecule has 1 aliphatic heterocycles. The first-order valence-electron chi connectivity index (χ1n) is 12.8. The van der Waals surface area contributed by atoms with Crippen molar-refractivity contribution in [2.45, 2.75) is 46.6 Å². The summed E-state index contributed by atoms with van der Waals surface area (Å²) < 4.78 is 15.3. The van der Waals surface area contributed by atoms with E-state index in [0.717, 1.165) is 24.0 Å². The fourth-order valence-corrected chi connectivity index (χ4v) is 4.65. The minimum Gasteiger partial charge on any atom is -0.490 e. The van der Waals surface area contributed by atoms with Gasteiger partial charge in [0, 0.05) is 17.7 Å². The standard InChI is InChI=1S/C30H31N3O4/c1-4-20-10-14-23(15-11-20)31-27(34)19-32-30-25(18-22-8-7-9-26(36-6-3)28(22)37-30)29(35)33(32)24-16-12-21(5-2)13-17-24/h7-17H,4-6,18-19H2,1-3H3,(H,31,34). The number of carbonyl (C=O) groups is 1. The van der Waals surface area contributed by atoms with Crippen LogP contribution in [-0.2, 0) is 30.6 Å². The fourth-order valence-electron chi connectivity index (χ4n) is 4.65. The summed E-state index contributed by atoms with van der Waals surface area (Å²) in [7, 11) is 0. The number of para-hydroxylation sites is 1. The Morgan fingerprint density at radius 3 is 2.27 bits per heavy atom. The normalized spacial score (nSPS) is 11.9. The van der Waals surface area contributed by atoms with Gasteiger partial charge < -0.3 is 14.8 Å². The molecule has 0 fully saturated rings. The molecule has 0 saturated heterocycles. The molecule has 2 heterocycles. The maximum absolute atomic E-state index is 13.7. The van der Waals surface area contributed by atoms with Gasteiger partial charge in [0.2, 0.25) is 11.8 Å². The number of rotatable bonds is 8. The van der Waals surface area contributed by atoms with Crippen molar-refractivity contribution in [3.63, 3.8) is 0 Å². The van der Waals surface area contributed by atoms with Crippen molar-refractivity contribution in [2.75, 3.05) is 11.9 Å². The average Bonchev–Trinajstić information content (AvgIpc) is 3.18. The zero-order valence-corrected chi connectivity index (χ0v) is 21.4. The smallest absolute Gasteiger partial charge is 0.278 e. The molecular weight excluding hydrogens is 466 g/mol. The quantitative estimate of drug-likeness (QED) is 0.307. The minimum absolute atomic E-state index is 0.0955. The number of hydrogen-bond donors (Lipinski definition) is 1. The Morgan fingerprint density at radius 2 is 1.62 bits per heavy atom. The van der Waals surface area contributed by atoms with Gasteiger partial charge in [-0.2, -0.15) is 0 Å². The van der Waals surface area contributed by atoms with E-state index in [0.29, 0.717) is 47.3 Å². The SMILES string of the molecule is CCOc1cccc2c1Oc1c(c(=O)n(-c3ccc(CC)cc3)n1CC(=O)Nc1ccc(CC)cc1)C2. The number of ether oxygens (including phenoxy) is 2. The number of aromatic nitrogens is 2. The summed E-state index contributed by atoms with van der Waals surface area (Å²) in [5.41, 5.74) is 4.93. The van der Waals surface area contributed by atoms with E-state index in [1.807, 2.05) is 73.7 Å². The van der Waals surface area contributed by atoms with Crippen molar-refractivity contribution in [3.05, 3.63) is 99.3 Å². The summed E-state index contributed by atoms with van der Waals surface area (Å²) in [6, 6.07) is 21.2. The molecule has 0 saturated carbocycles. The van der Waals surface area contributed by atoms with Crippen LogP contribution in [0.2, 0.25) is 0 Å². The lowest BCUT2D eigenvalue weighted by Gasteiger charge is -2.21. The first-order chi connectivity index (χ1) is 18.0. The van der Waals surface area contributed by atoms with Crippen LogP contribution in [0.4, 0.5) is 5.69 Å². The van der Waals surface area contributed by atoms with Gasteiger partial charge in [-0.25, -0.2) is 9.36 Å². The van der Waals surface area contributed by atoms with Crippen LogP contribution in [-0.4, -0.2) is 21.9 Å². The van der Waals surface area contributed by atoms with Crippen molar-refractivity contribution in [1.29, 1.82) is 0 Å². The Kier molecular flexibility index (Phi) is 6.86. The van der Waals surface area contributed by atoms with Gasteiger partial charge in [0.05, 0.1) is 17.9 Å². The van der Waals surface area contributed by atoms with Crippen molar-refractivity contribution in [3.8, 4) is 23.1 Å². The molecule has 1 aromatic heterocycles. The molecule has 0 aliphatic carbocycles. The lowest BCUT2D eigenvalue weighted by atomic mass is 10.0. The molecule has 1 N–H and O–H groups in total. The number of benzene rings is 3. The number of nitrogens with one attached hydrogen (secondary N) is 1. The van der Waals surface area contributed by atoms with Crippen LogP contribution in [0, 0.1) is 0 Å². The van der Waals surface area contributed by atoms with Crippen molar-refractivity contribution < 1.29 is 14.3 Å². The van der Waals surface area contributed by atoms with Crippen LogP contribution in [0.5, 0.6) is 17.4 Å². The minimum atomic E-state index is -0.256. The first kappa shape index (κ1) is 24.4. The maximum Gasteiger partial charge on any atom is 0.278 e. The highest BCUT2D eigenvalue weighted by Crippen LogP contribution is 2.42. The van der Waals surface area contributed by atoms with Crippen LogP contribution in [0.3, 0.4) is 0 Å². The van der Waals surface area contributed by atoms with Gasteiger partial charge in [-0.3, -0.25) is 9.59 Å². The summed E-state index contributed by atoms with van der Waals surface area (Å²) >= 11 is 0. The van der Waals surface area contributed by atoms with Crippen molar-refractivity contribution in [1.82, 2.24) is 9.36 Å². The van der Waals surface area contributed by atoms with Crippen LogP contribution in [0.25, 0.3) is 5.69 Å². The highest BCUT2D eigenvalue weighted by molar-refractivity contribution is 5.90. The molecule has 3 aromatic carbocycles. The number of anilines is 1. The molecule has 0 atom stereocenters. The maximum atomic E-state index is 13.7. The van der Waals surface area contributed by atoms with E-state index in [-0.39, 0.29) is 18.0 Å². The summed E-state index contributed by atoms with van der Waals surface area (Å²) in [5.74, 6) is 1.30. The summed E-state index contributed by atoms with van der Waals surface area (Å²) in [6.45, 7) is 6.48. The second kappa shape index (κ2) is 10.4. The zero-order valence-electron chi connectivity index (χ0n) is 21.4. The van der Waals surface area contributed by atoms with Crippen LogP contribution in [0.1, 0.15) is 43.0 Å². The third kappa shape index (κ3) is 4.77. The first-order valence-corrected chi connectivity index (χ1v) is 12.8. The third-order valence-electron chi connectivity index (χ3n) is 6.64. The molecule has 1 amide bonds. The van der Waals surface area contributed by atoms with E-state index in [1.165, 1.54) is 10.2 Å². The summed E-state index contributed by atoms with van der Waals surface area (Å²) in [6.07, 6.45) is 2.21. The molecule has 4 aromatic rings. The van der Waals surface area contributed by atoms with Gasteiger partial charge in [-0.15, -0.1) is 0 Å². The van der Waals surface area contributed by atoms with E-state index in [2.05, 4.69) is 19.2 Å². The van der Waals surface area contributed by atoms with E-state index in [1.54, 1.807) is 4.68 Å². The molecule has 1 aliphatic rings.